The molecule has 142 valence electrons. The number of piperidine rings is 1. The molecule has 0 saturated carbocycles. The van der Waals surface area contributed by atoms with Gasteiger partial charge in [0.1, 0.15) is 24.9 Å². The average Bonchev–Trinajstić information content (AvgIpc) is 3.00. The van der Waals surface area contributed by atoms with Gasteiger partial charge in [-0.05, 0) is 25.8 Å². The first-order valence-electron chi connectivity index (χ1n) is 9.08. The zero-order valence-corrected chi connectivity index (χ0v) is 15.0. The van der Waals surface area contributed by atoms with Gasteiger partial charge in [0.2, 0.25) is 0 Å². The van der Waals surface area contributed by atoms with Crippen molar-refractivity contribution in [2.24, 2.45) is 0 Å². The van der Waals surface area contributed by atoms with E-state index < -0.39 is 30.3 Å². The number of aliphatic hydroxyl groups is 1. The Morgan fingerprint density at radius 1 is 1.31 bits per heavy atom. The van der Waals surface area contributed by atoms with E-state index in [1.54, 1.807) is 0 Å². The predicted octanol–water partition coefficient (Wildman–Crippen LogP) is 1.68. The van der Waals surface area contributed by atoms with Crippen molar-refractivity contribution < 1.29 is 28.8 Å². The van der Waals surface area contributed by atoms with E-state index in [4.69, 9.17) is 18.9 Å². The standard InChI is InChI=1S/C19H25NO6/c1-19(2)25-13-8-9-20-10-14(16(21)17(26-19)15(13)20)24-18(22)23-11-12-6-4-3-5-7-12/h3-7,13-17,21H,8-11H2,1-2H3/t13-,14-,15+,16+,17+/m0/s1. The fraction of sp³-hybridized carbons (Fsp3) is 0.632. The van der Waals surface area contributed by atoms with Crippen molar-refractivity contribution in [2.45, 2.75) is 63.1 Å². The lowest BCUT2D eigenvalue weighted by molar-refractivity contribution is -0.337. The van der Waals surface area contributed by atoms with Crippen LogP contribution in [-0.4, -0.2) is 65.5 Å². The molecule has 0 bridgehead atoms. The highest BCUT2D eigenvalue weighted by molar-refractivity contribution is 5.60. The van der Waals surface area contributed by atoms with Crippen LogP contribution in [0.25, 0.3) is 0 Å². The molecule has 0 radical (unpaired) electrons. The molecule has 0 aliphatic carbocycles. The minimum atomic E-state index is -0.913. The summed E-state index contributed by atoms with van der Waals surface area (Å²) in [6, 6.07) is 9.39. The number of carbonyl (C=O) groups is 1. The Kier molecular flexibility index (Phi) is 4.64. The molecule has 1 aromatic carbocycles. The van der Waals surface area contributed by atoms with Crippen LogP contribution in [0, 0.1) is 0 Å². The smallest absolute Gasteiger partial charge is 0.429 e. The van der Waals surface area contributed by atoms with Crippen LogP contribution in [0.2, 0.25) is 0 Å². The molecular weight excluding hydrogens is 338 g/mol. The number of ether oxygens (including phenoxy) is 4. The SMILES string of the molecule is CC1(C)O[C@H]2[C@H](O)[C@@H](OC(=O)OCc3ccccc3)CN3CC[C@H](O1)[C@H]23. The maximum Gasteiger partial charge on any atom is 0.509 e. The van der Waals surface area contributed by atoms with Gasteiger partial charge in [-0.3, -0.25) is 4.90 Å². The van der Waals surface area contributed by atoms with Crippen LogP contribution < -0.4 is 0 Å². The summed E-state index contributed by atoms with van der Waals surface area (Å²) in [5, 5.41) is 10.8. The number of carbonyl (C=O) groups excluding carboxylic acids is 1. The number of aliphatic hydroxyl groups excluding tert-OH is 1. The van der Waals surface area contributed by atoms with Crippen molar-refractivity contribution in [1.29, 1.82) is 0 Å². The first-order chi connectivity index (χ1) is 12.4. The molecule has 0 aromatic heterocycles. The highest BCUT2D eigenvalue weighted by Gasteiger charge is 2.56. The summed E-state index contributed by atoms with van der Waals surface area (Å²) in [6.07, 6.45) is -1.92. The van der Waals surface area contributed by atoms with Gasteiger partial charge < -0.3 is 24.1 Å². The van der Waals surface area contributed by atoms with Gasteiger partial charge in [0.05, 0.1) is 12.1 Å². The van der Waals surface area contributed by atoms with Crippen molar-refractivity contribution >= 4 is 6.16 Å². The van der Waals surface area contributed by atoms with E-state index >= 15 is 0 Å². The molecule has 4 rings (SSSR count). The van der Waals surface area contributed by atoms with Crippen LogP contribution in [0.4, 0.5) is 4.79 Å². The molecule has 1 N–H and O–H groups in total. The summed E-state index contributed by atoms with van der Waals surface area (Å²) in [7, 11) is 0. The third-order valence-electron chi connectivity index (χ3n) is 5.27. The van der Waals surface area contributed by atoms with E-state index in [2.05, 4.69) is 4.90 Å². The minimum Gasteiger partial charge on any atom is -0.429 e. The lowest BCUT2D eigenvalue weighted by Gasteiger charge is -2.51. The predicted molar refractivity (Wildman–Crippen MR) is 91.3 cm³/mol. The van der Waals surface area contributed by atoms with E-state index in [0.29, 0.717) is 6.54 Å². The van der Waals surface area contributed by atoms with Crippen molar-refractivity contribution in [3.63, 3.8) is 0 Å². The quantitative estimate of drug-likeness (QED) is 0.819. The second-order valence-corrected chi connectivity index (χ2v) is 7.58. The molecular formula is C19H25NO6. The minimum absolute atomic E-state index is 0.00165. The Morgan fingerprint density at radius 3 is 2.85 bits per heavy atom. The van der Waals surface area contributed by atoms with Crippen LogP contribution in [0.3, 0.4) is 0 Å². The van der Waals surface area contributed by atoms with Crippen molar-refractivity contribution in [3.8, 4) is 0 Å². The van der Waals surface area contributed by atoms with Gasteiger partial charge >= 0.3 is 6.16 Å². The molecule has 1 aromatic rings. The molecule has 3 heterocycles. The van der Waals surface area contributed by atoms with Gasteiger partial charge in [0.15, 0.2) is 5.79 Å². The summed E-state index contributed by atoms with van der Waals surface area (Å²) in [5.41, 5.74) is 0.880. The first kappa shape index (κ1) is 17.7. The van der Waals surface area contributed by atoms with Crippen LogP contribution in [0.15, 0.2) is 30.3 Å². The van der Waals surface area contributed by atoms with E-state index in [1.165, 1.54) is 0 Å². The number of rotatable bonds is 3. The Labute approximate surface area is 152 Å². The highest BCUT2D eigenvalue weighted by atomic mass is 16.7. The van der Waals surface area contributed by atoms with E-state index in [0.717, 1.165) is 18.5 Å². The second kappa shape index (κ2) is 6.81. The first-order valence-corrected chi connectivity index (χ1v) is 9.08. The number of nitrogens with zero attached hydrogens (tertiary/aromatic N) is 1. The molecule has 0 amide bonds. The monoisotopic (exact) mass is 363 g/mol. The fourth-order valence-corrected chi connectivity index (χ4v) is 4.20. The molecule has 3 aliphatic rings. The maximum absolute atomic E-state index is 12.1. The fourth-order valence-electron chi connectivity index (χ4n) is 4.20. The Bertz CT molecular complexity index is 651. The van der Waals surface area contributed by atoms with Gasteiger partial charge in [0, 0.05) is 13.1 Å². The van der Waals surface area contributed by atoms with E-state index in [-0.39, 0.29) is 18.8 Å². The van der Waals surface area contributed by atoms with Crippen molar-refractivity contribution in [3.05, 3.63) is 35.9 Å². The lowest BCUT2D eigenvalue weighted by atomic mass is 9.91. The summed E-state index contributed by atoms with van der Waals surface area (Å²) in [4.78, 5) is 14.3. The molecule has 0 unspecified atom stereocenters. The lowest BCUT2D eigenvalue weighted by Crippen LogP contribution is -2.68. The largest absolute Gasteiger partial charge is 0.509 e. The van der Waals surface area contributed by atoms with Crippen LogP contribution >= 0.6 is 0 Å². The van der Waals surface area contributed by atoms with Gasteiger partial charge in [-0.2, -0.15) is 0 Å². The van der Waals surface area contributed by atoms with Gasteiger partial charge in [-0.15, -0.1) is 0 Å². The summed E-state index contributed by atoms with van der Waals surface area (Å²) in [6.45, 7) is 5.11. The molecule has 0 spiro atoms. The number of hydrogen-bond donors (Lipinski definition) is 1. The van der Waals surface area contributed by atoms with Gasteiger partial charge in [-0.1, -0.05) is 30.3 Å². The van der Waals surface area contributed by atoms with Crippen LogP contribution in [0.5, 0.6) is 0 Å². The summed E-state index contributed by atoms with van der Waals surface area (Å²) in [5.74, 6) is -0.765. The summed E-state index contributed by atoms with van der Waals surface area (Å²) >= 11 is 0. The van der Waals surface area contributed by atoms with Crippen molar-refractivity contribution in [2.75, 3.05) is 13.1 Å². The Hall–Kier alpha value is -1.67. The highest BCUT2D eigenvalue weighted by Crippen LogP contribution is 2.40. The zero-order valence-electron chi connectivity index (χ0n) is 15.0. The van der Waals surface area contributed by atoms with E-state index in [1.807, 2.05) is 44.2 Å². The summed E-state index contributed by atoms with van der Waals surface area (Å²) < 4.78 is 22.5. The van der Waals surface area contributed by atoms with Gasteiger partial charge in [-0.25, -0.2) is 4.79 Å². The second-order valence-electron chi connectivity index (χ2n) is 7.58. The zero-order chi connectivity index (χ0) is 18.3. The molecule has 3 aliphatic heterocycles. The molecule has 3 fully saturated rings. The van der Waals surface area contributed by atoms with Crippen LogP contribution in [0.1, 0.15) is 25.8 Å². The van der Waals surface area contributed by atoms with E-state index in [9.17, 15) is 9.90 Å². The Balaban J connectivity index is 1.39. The molecule has 7 nitrogen and oxygen atoms in total. The van der Waals surface area contributed by atoms with Crippen LogP contribution in [-0.2, 0) is 25.6 Å². The van der Waals surface area contributed by atoms with Crippen molar-refractivity contribution in [1.82, 2.24) is 4.90 Å². The van der Waals surface area contributed by atoms with Gasteiger partial charge in [0.25, 0.3) is 0 Å². The third kappa shape index (κ3) is 3.44. The average molecular weight is 363 g/mol. The normalized spacial score (nSPS) is 35.6. The maximum atomic E-state index is 12.1. The molecule has 3 saturated heterocycles. The Morgan fingerprint density at radius 2 is 2.08 bits per heavy atom. The number of benzene rings is 1. The third-order valence-corrected chi connectivity index (χ3v) is 5.27. The molecule has 5 atom stereocenters. The number of hydrogen-bond acceptors (Lipinski definition) is 7. The topological polar surface area (TPSA) is 77.5 Å². The molecule has 26 heavy (non-hydrogen) atoms. The molecule has 7 heteroatoms.